The van der Waals surface area contributed by atoms with Gasteiger partial charge in [-0.25, -0.2) is 0 Å². The maximum absolute atomic E-state index is 9.07. The fraction of sp³-hybridized carbons (Fsp3) is 0.750. The lowest BCUT2D eigenvalue weighted by Crippen LogP contribution is -2.59. The Kier molecular flexibility index (Phi) is 2.17. The van der Waals surface area contributed by atoms with Crippen LogP contribution in [0.15, 0.2) is 17.3 Å². The van der Waals surface area contributed by atoms with Crippen LogP contribution < -0.4 is 0 Å². The highest BCUT2D eigenvalue weighted by atomic mass is 16.4. The number of hydrogen-bond donors (Lipinski definition) is 1. The lowest BCUT2D eigenvalue weighted by molar-refractivity contribution is 0.0908. The number of allylic oxidation sites excluding steroid dienone is 2. The summed E-state index contributed by atoms with van der Waals surface area (Å²) >= 11 is 0. The minimum atomic E-state index is 0.170. The Morgan fingerprint density at radius 1 is 1.57 bits per heavy atom. The number of hydrogen-bond acceptors (Lipinski definition) is 2. The molecule has 3 unspecified atom stereocenters. The fourth-order valence-electron chi connectivity index (χ4n) is 3.47. The molecular weight excluding hydrogens is 174 g/mol. The van der Waals surface area contributed by atoms with Gasteiger partial charge in [0.15, 0.2) is 0 Å². The van der Waals surface area contributed by atoms with Gasteiger partial charge in [-0.05, 0) is 24.7 Å². The van der Waals surface area contributed by atoms with Crippen molar-refractivity contribution in [3.05, 3.63) is 12.2 Å². The molecule has 3 atom stereocenters. The third kappa shape index (κ3) is 0.943. The van der Waals surface area contributed by atoms with Crippen molar-refractivity contribution in [3.8, 4) is 0 Å². The van der Waals surface area contributed by atoms with Crippen molar-refractivity contribution >= 4 is 5.71 Å². The van der Waals surface area contributed by atoms with Gasteiger partial charge in [0.2, 0.25) is 0 Å². The first-order valence-corrected chi connectivity index (χ1v) is 5.53. The zero-order chi connectivity index (χ0) is 10.3. The van der Waals surface area contributed by atoms with Gasteiger partial charge in [-0.15, -0.1) is 0 Å². The maximum Gasteiger partial charge on any atom is 0.0675 e. The highest BCUT2D eigenvalue weighted by molar-refractivity contribution is 5.99. The Hall–Kier alpha value is -0.790. The minimum absolute atomic E-state index is 0.170. The molecule has 0 aromatic heterocycles. The predicted molar refractivity (Wildman–Crippen MR) is 57.5 cm³/mol. The third-order valence-electron chi connectivity index (χ3n) is 4.25. The largest absolute Gasteiger partial charge is 0.411 e. The molecule has 2 aliphatic carbocycles. The van der Waals surface area contributed by atoms with Gasteiger partial charge in [-0.3, -0.25) is 0 Å². The molecule has 0 heterocycles. The summed E-state index contributed by atoms with van der Waals surface area (Å²) < 4.78 is 0. The number of oxime groups is 1. The minimum Gasteiger partial charge on any atom is -0.411 e. The molecule has 0 amide bonds. The zero-order valence-corrected chi connectivity index (χ0v) is 9.20. The lowest BCUT2D eigenvalue weighted by Gasteiger charge is -2.57. The quantitative estimate of drug-likeness (QED) is 0.387. The van der Waals surface area contributed by atoms with E-state index in [4.69, 9.17) is 5.21 Å². The van der Waals surface area contributed by atoms with E-state index in [-0.39, 0.29) is 5.41 Å². The van der Waals surface area contributed by atoms with E-state index < -0.39 is 0 Å². The summed E-state index contributed by atoms with van der Waals surface area (Å²) in [4.78, 5) is 0. The highest BCUT2D eigenvalue weighted by Gasteiger charge is 2.58. The summed E-state index contributed by atoms with van der Waals surface area (Å²) in [5, 5.41) is 12.6. The van der Waals surface area contributed by atoms with Crippen LogP contribution in [0.5, 0.6) is 0 Å². The summed E-state index contributed by atoms with van der Waals surface area (Å²) in [5.74, 6) is 1.60. The second-order valence-electron chi connectivity index (χ2n) is 4.96. The first-order valence-electron chi connectivity index (χ1n) is 5.53. The van der Waals surface area contributed by atoms with Crippen LogP contribution in [0.3, 0.4) is 0 Å². The second-order valence-corrected chi connectivity index (χ2v) is 4.96. The van der Waals surface area contributed by atoms with Crippen LogP contribution in [-0.2, 0) is 0 Å². The molecular formula is C12H19NO. The van der Waals surface area contributed by atoms with Crippen LogP contribution in [0.25, 0.3) is 0 Å². The highest BCUT2D eigenvalue weighted by Crippen LogP contribution is 2.58. The molecule has 2 nitrogen and oxygen atoms in total. The van der Waals surface area contributed by atoms with E-state index in [1.165, 1.54) is 0 Å². The average molecular weight is 193 g/mol. The van der Waals surface area contributed by atoms with Crippen LogP contribution >= 0.6 is 0 Å². The Morgan fingerprint density at radius 3 is 2.86 bits per heavy atom. The summed E-state index contributed by atoms with van der Waals surface area (Å²) in [6.07, 6.45) is 6.87. The first-order chi connectivity index (χ1) is 6.64. The molecule has 1 N–H and O–H groups in total. The van der Waals surface area contributed by atoms with Gasteiger partial charge in [0.05, 0.1) is 5.71 Å². The maximum atomic E-state index is 9.07. The van der Waals surface area contributed by atoms with Gasteiger partial charge in [0, 0.05) is 11.3 Å². The van der Waals surface area contributed by atoms with Crippen LogP contribution in [0, 0.1) is 23.2 Å². The van der Waals surface area contributed by atoms with Gasteiger partial charge in [0.1, 0.15) is 0 Å². The van der Waals surface area contributed by atoms with Crippen molar-refractivity contribution in [2.75, 3.05) is 0 Å². The van der Waals surface area contributed by atoms with Crippen molar-refractivity contribution in [2.24, 2.45) is 28.3 Å². The summed E-state index contributed by atoms with van der Waals surface area (Å²) in [5.41, 5.74) is 1.20. The molecule has 0 aromatic rings. The summed E-state index contributed by atoms with van der Waals surface area (Å²) in [7, 11) is 0. The van der Waals surface area contributed by atoms with Gasteiger partial charge in [-0.1, -0.05) is 38.1 Å². The number of fused-ring (bicyclic) bond motifs is 1. The topological polar surface area (TPSA) is 32.6 Å². The average Bonchev–Trinajstić information content (AvgIpc) is 2.17. The van der Waals surface area contributed by atoms with Crippen LogP contribution in [0.1, 0.15) is 33.6 Å². The van der Waals surface area contributed by atoms with E-state index in [1.807, 2.05) is 0 Å². The van der Waals surface area contributed by atoms with Crippen molar-refractivity contribution in [1.29, 1.82) is 0 Å². The van der Waals surface area contributed by atoms with Gasteiger partial charge < -0.3 is 5.21 Å². The fourth-order valence-corrected chi connectivity index (χ4v) is 3.47. The Morgan fingerprint density at radius 2 is 2.29 bits per heavy atom. The molecule has 0 aromatic carbocycles. The third-order valence-corrected chi connectivity index (χ3v) is 4.25. The molecule has 14 heavy (non-hydrogen) atoms. The van der Waals surface area contributed by atoms with Gasteiger partial charge in [-0.2, -0.15) is 0 Å². The molecule has 1 fully saturated rings. The monoisotopic (exact) mass is 193 g/mol. The van der Waals surface area contributed by atoms with Gasteiger partial charge >= 0.3 is 0 Å². The predicted octanol–water partition coefficient (Wildman–Crippen LogP) is 3.07. The SMILES string of the molecule is CC1C(=NO)C2(C(C)C)CCC=CC12. The Balaban J connectivity index is 2.39. The van der Waals surface area contributed by atoms with Gasteiger partial charge in [0.25, 0.3) is 0 Å². The van der Waals surface area contributed by atoms with Crippen LogP contribution in [0.2, 0.25) is 0 Å². The standard InChI is InChI=1S/C12H19NO/c1-8(2)12-7-5-4-6-10(12)9(3)11(12)13-14/h4,6,8-10,14H,5,7H2,1-3H3. The van der Waals surface area contributed by atoms with E-state index in [0.717, 1.165) is 18.6 Å². The van der Waals surface area contributed by atoms with E-state index >= 15 is 0 Å². The molecule has 78 valence electrons. The smallest absolute Gasteiger partial charge is 0.0675 e. The Bertz CT molecular complexity index is 293. The van der Waals surface area contributed by atoms with Crippen molar-refractivity contribution in [2.45, 2.75) is 33.6 Å². The lowest BCUT2D eigenvalue weighted by atomic mass is 9.45. The molecule has 2 aliphatic rings. The molecule has 0 saturated heterocycles. The number of rotatable bonds is 1. The molecule has 2 rings (SSSR count). The van der Waals surface area contributed by atoms with E-state index in [2.05, 4.69) is 38.1 Å². The molecule has 0 bridgehead atoms. The van der Waals surface area contributed by atoms with E-state index in [1.54, 1.807) is 0 Å². The molecule has 0 spiro atoms. The molecule has 0 aliphatic heterocycles. The van der Waals surface area contributed by atoms with E-state index in [9.17, 15) is 0 Å². The molecule has 2 heteroatoms. The summed E-state index contributed by atoms with van der Waals surface area (Å²) in [6.45, 7) is 6.64. The van der Waals surface area contributed by atoms with Crippen LogP contribution in [0.4, 0.5) is 0 Å². The first kappa shape index (κ1) is 9.75. The Labute approximate surface area is 85.7 Å². The molecule has 1 saturated carbocycles. The van der Waals surface area contributed by atoms with Crippen molar-refractivity contribution in [1.82, 2.24) is 0 Å². The van der Waals surface area contributed by atoms with E-state index in [0.29, 0.717) is 17.8 Å². The van der Waals surface area contributed by atoms with Crippen molar-refractivity contribution in [3.63, 3.8) is 0 Å². The normalized spacial score (nSPS) is 43.9. The molecule has 0 radical (unpaired) electrons. The summed E-state index contributed by atoms with van der Waals surface area (Å²) in [6, 6.07) is 0. The number of nitrogens with zero attached hydrogens (tertiary/aromatic N) is 1. The second kappa shape index (κ2) is 3.11. The van der Waals surface area contributed by atoms with Crippen LogP contribution in [-0.4, -0.2) is 10.9 Å². The zero-order valence-electron chi connectivity index (χ0n) is 9.20. The van der Waals surface area contributed by atoms with Crippen molar-refractivity contribution < 1.29 is 5.21 Å².